The van der Waals surface area contributed by atoms with Gasteiger partial charge in [-0.15, -0.1) is 0 Å². The zero-order valence-corrected chi connectivity index (χ0v) is 15.5. The Balaban J connectivity index is 1.94. The predicted octanol–water partition coefficient (Wildman–Crippen LogP) is 1.47. The molecule has 1 amide bonds. The third-order valence-corrected chi connectivity index (χ3v) is 5.56. The number of sulfonamides is 1. The van der Waals surface area contributed by atoms with Gasteiger partial charge in [-0.2, -0.15) is 0 Å². The molecule has 0 saturated carbocycles. The van der Waals surface area contributed by atoms with E-state index in [0.717, 1.165) is 5.82 Å². The van der Waals surface area contributed by atoms with Crippen LogP contribution < -0.4 is 10.0 Å². The van der Waals surface area contributed by atoms with E-state index in [1.165, 1.54) is 24.3 Å². The highest BCUT2D eigenvalue weighted by Gasteiger charge is 2.17. The zero-order chi connectivity index (χ0) is 18.4. The van der Waals surface area contributed by atoms with Crippen LogP contribution in [0.15, 0.2) is 41.6 Å². The summed E-state index contributed by atoms with van der Waals surface area (Å²) in [6.45, 7) is 4.17. The highest BCUT2D eigenvalue weighted by Crippen LogP contribution is 2.11. The van der Waals surface area contributed by atoms with Crippen LogP contribution in [0.3, 0.4) is 0 Å². The smallest absolute Gasteiger partial charge is 0.251 e. The lowest BCUT2D eigenvalue weighted by Crippen LogP contribution is -2.32. The molecule has 1 aromatic carbocycles. The van der Waals surface area contributed by atoms with Gasteiger partial charge in [0.25, 0.3) is 5.91 Å². The van der Waals surface area contributed by atoms with E-state index in [2.05, 4.69) is 15.0 Å². The quantitative estimate of drug-likeness (QED) is 0.742. The summed E-state index contributed by atoms with van der Waals surface area (Å²) in [5.41, 5.74) is 0.419. The largest absolute Gasteiger partial charge is 0.352 e. The first kappa shape index (κ1) is 19.1. The molecule has 2 aromatic rings. The fraction of sp³-hybridized carbons (Fsp3) is 0.412. The van der Waals surface area contributed by atoms with Crippen molar-refractivity contribution in [1.29, 1.82) is 0 Å². The molecule has 1 unspecified atom stereocenters. The Morgan fingerprint density at radius 1 is 1.28 bits per heavy atom. The first-order valence-corrected chi connectivity index (χ1v) is 9.68. The van der Waals surface area contributed by atoms with Crippen LogP contribution in [0.4, 0.5) is 0 Å². The number of imidazole rings is 1. The van der Waals surface area contributed by atoms with Crippen molar-refractivity contribution in [2.24, 2.45) is 7.05 Å². The zero-order valence-electron chi connectivity index (χ0n) is 14.7. The number of hydrogen-bond donors (Lipinski definition) is 2. The summed E-state index contributed by atoms with van der Waals surface area (Å²) in [5.74, 6) is 0.644. The topological polar surface area (TPSA) is 93.1 Å². The van der Waals surface area contributed by atoms with Gasteiger partial charge in [-0.05, 0) is 37.6 Å². The first-order chi connectivity index (χ1) is 11.8. The molecular formula is C17H24N4O3S. The second-order valence-corrected chi connectivity index (χ2v) is 7.63. The third kappa shape index (κ3) is 5.14. The normalized spacial score (nSPS) is 12.8. The number of aryl methyl sites for hydroxylation is 1. The Morgan fingerprint density at radius 2 is 1.96 bits per heavy atom. The van der Waals surface area contributed by atoms with E-state index < -0.39 is 10.0 Å². The summed E-state index contributed by atoms with van der Waals surface area (Å²) in [5, 5.41) is 2.81. The van der Waals surface area contributed by atoms with Gasteiger partial charge < -0.3 is 9.88 Å². The van der Waals surface area contributed by atoms with Crippen LogP contribution in [0.25, 0.3) is 0 Å². The highest BCUT2D eigenvalue weighted by molar-refractivity contribution is 7.89. The lowest BCUT2D eigenvalue weighted by molar-refractivity contribution is 0.0954. The molecule has 0 spiro atoms. The van der Waals surface area contributed by atoms with Crippen molar-refractivity contribution in [3.8, 4) is 0 Å². The molecule has 8 heteroatoms. The summed E-state index contributed by atoms with van der Waals surface area (Å²) in [4.78, 5) is 16.5. The molecule has 0 aliphatic carbocycles. The van der Waals surface area contributed by atoms with Crippen molar-refractivity contribution in [2.75, 3.05) is 6.54 Å². The van der Waals surface area contributed by atoms with Crippen LogP contribution in [-0.4, -0.2) is 36.5 Å². The minimum absolute atomic E-state index is 0.140. The Bertz CT molecular complexity index is 813. The molecule has 0 aliphatic heterocycles. The number of benzene rings is 1. The number of hydrogen-bond acceptors (Lipinski definition) is 4. The lowest BCUT2D eigenvalue weighted by Gasteiger charge is -2.12. The van der Waals surface area contributed by atoms with Crippen LogP contribution in [0.5, 0.6) is 0 Å². The molecule has 0 fully saturated rings. The van der Waals surface area contributed by atoms with Crippen LogP contribution in [0.1, 0.15) is 36.5 Å². The van der Waals surface area contributed by atoms with Crippen LogP contribution in [0, 0.1) is 0 Å². The number of rotatable bonds is 8. The second kappa shape index (κ2) is 8.26. The number of amides is 1. The van der Waals surface area contributed by atoms with Crippen molar-refractivity contribution in [3.05, 3.63) is 48.0 Å². The van der Waals surface area contributed by atoms with Crippen LogP contribution >= 0.6 is 0 Å². The summed E-state index contributed by atoms with van der Waals surface area (Å²) >= 11 is 0. The molecule has 2 rings (SSSR count). The Kier molecular flexibility index (Phi) is 6.33. The van der Waals surface area contributed by atoms with Crippen molar-refractivity contribution in [2.45, 2.75) is 37.6 Å². The molecular weight excluding hydrogens is 340 g/mol. The van der Waals surface area contributed by atoms with E-state index >= 15 is 0 Å². The third-order valence-electron chi connectivity index (χ3n) is 3.95. The van der Waals surface area contributed by atoms with Crippen molar-refractivity contribution in [3.63, 3.8) is 0 Å². The molecule has 0 radical (unpaired) electrons. The molecule has 1 aromatic heterocycles. The molecule has 136 valence electrons. The van der Waals surface area contributed by atoms with E-state index in [1.54, 1.807) is 13.1 Å². The van der Waals surface area contributed by atoms with Gasteiger partial charge in [0.05, 0.1) is 4.90 Å². The van der Waals surface area contributed by atoms with Crippen molar-refractivity contribution < 1.29 is 13.2 Å². The fourth-order valence-corrected chi connectivity index (χ4v) is 3.56. The standard InChI is InChI=1S/C17H24N4O3S/c1-4-13(2)20-25(23,24)15-7-5-14(6-8-15)17(22)19-10-9-16-18-11-12-21(16)3/h5-8,11-13,20H,4,9-10H2,1-3H3,(H,19,22). The minimum atomic E-state index is -3.56. The van der Waals surface area contributed by atoms with E-state index in [0.29, 0.717) is 24.9 Å². The number of carbonyl (C=O) groups is 1. The summed E-state index contributed by atoms with van der Waals surface area (Å²) < 4.78 is 28.9. The van der Waals surface area contributed by atoms with E-state index in [4.69, 9.17) is 0 Å². The number of aromatic nitrogens is 2. The maximum atomic E-state index is 12.2. The lowest BCUT2D eigenvalue weighted by atomic mass is 10.2. The maximum Gasteiger partial charge on any atom is 0.251 e. The van der Waals surface area contributed by atoms with Gasteiger partial charge in [-0.25, -0.2) is 18.1 Å². The Morgan fingerprint density at radius 3 is 2.52 bits per heavy atom. The van der Waals surface area contributed by atoms with E-state index in [9.17, 15) is 13.2 Å². The second-order valence-electron chi connectivity index (χ2n) is 5.92. The summed E-state index contributed by atoms with van der Waals surface area (Å²) in [6, 6.07) is 5.78. The monoisotopic (exact) mass is 364 g/mol. The highest BCUT2D eigenvalue weighted by atomic mass is 32.2. The number of nitrogens with one attached hydrogen (secondary N) is 2. The SMILES string of the molecule is CCC(C)NS(=O)(=O)c1ccc(C(=O)NCCc2nccn2C)cc1. The van der Waals surface area contributed by atoms with Gasteiger partial charge in [0, 0.05) is 44.0 Å². The summed E-state index contributed by atoms with van der Waals surface area (Å²) in [7, 11) is -1.66. The average Bonchev–Trinajstić information content (AvgIpc) is 2.99. The van der Waals surface area contributed by atoms with Gasteiger partial charge in [-0.1, -0.05) is 6.92 Å². The molecule has 2 N–H and O–H groups in total. The van der Waals surface area contributed by atoms with Gasteiger partial charge >= 0.3 is 0 Å². The molecule has 1 atom stereocenters. The van der Waals surface area contributed by atoms with Crippen LogP contribution in [-0.2, 0) is 23.5 Å². The fourth-order valence-electron chi connectivity index (χ4n) is 2.23. The molecule has 25 heavy (non-hydrogen) atoms. The van der Waals surface area contributed by atoms with Crippen molar-refractivity contribution >= 4 is 15.9 Å². The minimum Gasteiger partial charge on any atom is -0.352 e. The molecule has 0 saturated heterocycles. The molecule has 0 aliphatic rings. The van der Waals surface area contributed by atoms with Gasteiger partial charge in [0.15, 0.2) is 0 Å². The predicted molar refractivity (Wildman–Crippen MR) is 95.8 cm³/mol. The maximum absolute atomic E-state index is 12.2. The number of carbonyl (C=O) groups excluding carboxylic acids is 1. The molecule has 1 heterocycles. The van der Waals surface area contributed by atoms with E-state index in [-0.39, 0.29) is 16.8 Å². The van der Waals surface area contributed by atoms with Gasteiger partial charge in [0.2, 0.25) is 10.0 Å². The van der Waals surface area contributed by atoms with Gasteiger partial charge in [-0.3, -0.25) is 4.79 Å². The van der Waals surface area contributed by atoms with Gasteiger partial charge in [0.1, 0.15) is 5.82 Å². The Labute approximate surface area is 148 Å². The van der Waals surface area contributed by atoms with Crippen molar-refractivity contribution in [1.82, 2.24) is 19.6 Å². The molecule has 7 nitrogen and oxygen atoms in total. The Hall–Kier alpha value is -2.19. The average molecular weight is 364 g/mol. The van der Waals surface area contributed by atoms with Crippen LogP contribution in [0.2, 0.25) is 0 Å². The molecule has 0 bridgehead atoms. The summed E-state index contributed by atoms with van der Waals surface area (Å²) in [6.07, 6.45) is 4.89. The first-order valence-electron chi connectivity index (χ1n) is 8.20. The van der Waals surface area contributed by atoms with E-state index in [1.807, 2.05) is 24.7 Å². The number of nitrogens with zero attached hydrogens (tertiary/aromatic N) is 2.